The second-order valence-corrected chi connectivity index (χ2v) is 11.3. The smallest absolute Gasteiger partial charge is 0.103 e. The Balaban J connectivity index is 2.14. The molecule has 0 bridgehead atoms. The molecule has 120 valence electrons. The van der Waals surface area contributed by atoms with Crippen molar-refractivity contribution in [3.63, 3.8) is 0 Å². The van der Waals surface area contributed by atoms with Gasteiger partial charge in [-0.05, 0) is 19.8 Å². The Bertz CT molecular complexity index is 496. The maximum Gasteiger partial charge on any atom is 0.103 e. The highest BCUT2D eigenvalue weighted by molar-refractivity contribution is 6.93. The van der Waals surface area contributed by atoms with E-state index in [1.807, 2.05) is 0 Å². The van der Waals surface area contributed by atoms with Crippen molar-refractivity contribution >= 4 is 13.3 Å². The van der Waals surface area contributed by atoms with E-state index in [9.17, 15) is 0 Å². The van der Waals surface area contributed by atoms with Crippen LogP contribution in [0.2, 0.25) is 13.1 Å². The largest absolute Gasteiger partial charge is 0.367 e. The molecule has 1 aliphatic carbocycles. The molecule has 0 aromatic heterocycles. The van der Waals surface area contributed by atoms with Crippen molar-refractivity contribution in [2.24, 2.45) is 0 Å². The van der Waals surface area contributed by atoms with Crippen molar-refractivity contribution in [2.75, 3.05) is 6.61 Å². The first kappa shape index (κ1) is 17.2. The van der Waals surface area contributed by atoms with E-state index in [0.717, 1.165) is 6.61 Å². The molecule has 1 saturated carbocycles. The molecule has 22 heavy (non-hydrogen) atoms. The molecule has 1 nitrogen and oxygen atoms in total. The SMILES string of the molecule is C/C=C/COC1(/C=C/[Si](C)(C)c2ccccc2)CCCCC1. The van der Waals surface area contributed by atoms with Crippen molar-refractivity contribution < 1.29 is 4.74 Å². The Labute approximate surface area is 137 Å². The van der Waals surface area contributed by atoms with Crippen molar-refractivity contribution in [1.29, 1.82) is 0 Å². The summed E-state index contributed by atoms with van der Waals surface area (Å²) in [5.41, 5.74) is 2.46. The number of ether oxygens (including phenoxy) is 1. The van der Waals surface area contributed by atoms with Gasteiger partial charge in [-0.25, -0.2) is 0 Å². The lowest BCUT2D eigenvalue weighted by molar-refractivity contribution is -0.0186. The summed E-state index contributed by atoms with van der Waals surface area (Å²) in [6.07, 6.45) is 12.9. The van der Waals surface area contributed by atoms with Crippen LogP contribution in [0.1, 0.15) is 39.0 Å². The standard InChI is InChI=1S/C20H30OSi/c1-4-5-17-21-20(14-10-7-11-15-20)16-18-22(2,3)19-12-8-6-9-13-19/h4-6,8-9,12-13,16,18H,7,10-11,14-15,17H2,1-3H3/b5-4+,18-16+. The Morgan fingerprint density at radius 1 is 1.09 bits per heavy atom. The minimum absolute atomic E-state index is 0.0309. The van der Waals surface area contributed by atoms with Crippen molar-refractivity contribution in [3.8, 4) is 0 Å². The summed E-state index contributed by atoms with van der Waals surface area (Å²) >= 11 is 0. The highest BCUT2D eigenvalue weighted by atomic mass is 28.3. The molecule has 1 aromatic rings. The number of hydrogen-bond donors (Lipinski definition) is 0. The third-order valence-corrected chi connectivity index (χ3v) is 7.55. The Morgan fingerprint density at radius 2 is 1.77 bits per heavy atom. The molecular weight excluding hydrogens is 284 g/mol. The van der Waals surface area contributed by atoms with E-state index in [0.29, 0.717) is 0 Å². The second-order valence-electron chi connectivity index (χ2n) is 6.93. The quantitative estimate of drug-likeness (QED) is 0.531. The zero-order chi connectivity index (χ0) is 15.9. The molecule has 0 unspecified atom stereocenters. The first-order valence-electron chi connectivity index (χ1n) is 8.59. The van der Waals surface area contributed by atoms with Crippen LogP contribution in [0.3, 0.4) is 0 Å². The second kappa shape index (κ2) is 7.93. The molecule has 0 atom stereocenters. The van der Waals surface area contributed by atoms with E-state index in [-0.39, 0.29) is 5.60 Å². The topological polar surface area (TPSA) is 9.23 Å². The average Bonchev–Trinajstić information content (AvgIpc) is 2.55. The first-order chi connectivity index (χ1) is 10.6. The van der Waals surface area contributed by atoms with Crippen LogP contribution in [0.4, 0.5) is 0 Å². The van der Waals surface area contributed by atoms with E-state index in [2.05, 4.69) is 74.3 Å². The van der Waals surface area contributed by atoms with Crippen LogP contribution in [0.15, 0.2) is 54.3 Å². The van der Waals surface area contributed by atoms with E-state index in [1.54, 1.807) is 0 Å². The molecule has 0 heterocycles. The highest BCUT2D eigenvalue weighted by Gasteiger charge is 2.31. The van der Waals surface area contributed by atoms with Gasteiger partial charge in [-0.2, -0.15) is 0 Å². The van der Waals surface area contributed by atoms with Gasteiger partial charge in [0, 0.05) is 0 Å². The summed E-state index contributed by atoms with van der Waals surface area (Å²) in [4.78, 5) is 0. The average molecular weight is 315 g/mol. The van der Waals surface area contributed by atoms with Crippen LogP contribution in [-0.4, -0.2) is 20.3 Å². The molecule has 1 aliphatic rings. The van der Waals surface area contributed by atoms with Crippen LogP contribution in [-0.2, 0) is 4.74 Å². The van der Waals surface area contributed by atoms with Gasteiger partial charge in [-0.15, -0.1) is 0 Å². The molecular formula is C20H30OSi. The number of allylic oxidation sites excluding steroid dienone is 1. The minimum atomic E-state index is -1.54. The molecule has 2 heteroatoms. The predicted molar refractivity (Wildman–Crippen MR) is 99.3 cm³/mol. The van der Waals surface area contributed by atoms with E-state index in [1.165, 1.54) is 37.3 Å². The molecule has 0 saturated heterocycles. The molecule has 0 radical (unpaired) electrons. The van der Waals surface area contributed by atoms with Gasteiger partial charge in [0.15, 0.2) is 0 Å². The molecule has 2 rings (SSSR count). The maximum atomic E-state index is 6.29. The molecule has 0 amide bonds. The van der Waals surface area contributed by atoms with Crippen LogP contribution in [0.5, 0.6) is 0 Å². The van der Waals surface area contributed by atoms with Gasteiger partial charge in [0.05, 0.1) is 12.2 Å². The van der Waals surface area contributed by atoms with Gasteiger partial charge in [-0.1, -0.05) is 91.8 Å². The fourth-order valence-electron chi connectivity index (χ4n) is 3.14. The van der Waals surface area contributed by atoms with E-state index < -0.39 is 8.07 Å². The molecule has 0 aliphatic heterocycles. The van der Waals surface area contributed by atoms with E-state index in [4.69, 9.17) is 4.74 Å². The molecule has 1 aromatic carbocycles. The lowest BCUT2D eigenvalue weighted by Gasteiger charge is -2.35. The van der Waals surface area contributed by atoms with Crippen LogP contribution < -0.4 is 5.19 Å². The fourth-order valence-corrected chi connectivity index (χ4v) is 5.11. The Kier molecular flexibility index (Phi) is 6.22. The van der Waals surface area contributed by atoms with Gasteiger partial charge < -0.3 is 4.74 Å². The minimum Gasteiger partial charge on any atom is -0.367 e. The summed E-state index contributed by atoms with van der Waals surface area (Å²) in [6, 6.07) is 10.9. The zero-order valence-electron chi connectivity index (χ0n) is 14.3. The maximum absolute atomic E-state index is 6.29. The lowest BCUT2D eigenvalue weighted by Crippen LogP contribution is -2.41. The monoisotopic (exact) mass is 314 g/mol. The third kappa shape index (κ3) is 4.69. The van der Waals surface area contributed by atoms with Crippen LogP contribution in [0.25, 0.3) is 0 Å². The molecule has 0 N–H and O–H groups in total. The van der Waals surface area contributed by atoms with Crippen molar-refractivity contribution in [2.45, 2.75) is 57.7 Å². The van der Waals surface area contributed by atoms with Crippen molar-refractivity contribution in [1.82, 2.24) is 0 Å². The summed E-state index contributed by atoms with van der Waals surface area (Å²) in [7, 11) is -1.54. The number of benzene rings is 1. The number of hydrogen-bond acceptors (Lipinski definition) is 1. The van der Waals surface area contributed by atoms with Crippen molar-refractivity contribution in [3.05, 3.63) is 54.3 Å². The van der Waals surface area contributed by atoms with Gasteiger partial charge in [-0.3, -0.25) is 0 Å². The lowest BCUT2D eigenvalue weighted by atomic mass is 9.85. The summed E-state index contributed by atoms with van der Waals surface area (Å²) in [5, 5.41) is 1.49. The van der Waals surface area contributed by atoms with Crippen LogP contribution in [0, 0.1) is 0 Å². The Morgan fingerprint density at radius 3 is 2.41 bits per heavy atom. The van der Waals surface area contributed by atoms with Crippen LogP contribution >= 0.6 is 0 Å². The van der Waals surface area contributed by atoms with Gasteiger partial charge in [0.2, 0.25) is 0 Å². The summed E-state index contributed by atoms with van der Waals surface area (Å²) in [5.74, 6) is 0. The highest BCUT2D eigenvalue weighted by Crippen LogP contribution is 2.33. The fraction of sp³-hybridized carbons (Fsp3) is 0.500. The Hall–Kier alpha value is -1.12. The van der Waals surface area contributed by atoms with Gasteiger partial charge in [0.25, 0.3) is 0 Å². The normalized spacial score (nSPS) is 19.0. The van der Waals surface area contributed by atoms with Gasteiger partial charge in [0.1, 0.15) is 8.07 Å². The van der Waals surface area contributed by atoms with E-state index >= 15 is 0 Å². The first-order valence-corrected chi connectivity index (χ1v) is 11.7. The molecule has 0 spiro atoms. The number of rotatable bonds is 6. The summed E-state index contributed by atoms with van der Waals surface area (Å²) < 4.78 is 6.29. The van der Waals surface area contributed by atoms with Gasteiger partial charge >= 0.3 is 0 Å². The molecule has 1 fully saturated rings. The zero-order valence-corrected chi connectivity index (χ0v) is 15.3. The summed E-state index contributed by atoms with van der Waals surface area (Å²) in [6.45, 7) is 7.62. The third-order valence-electron chi connectivity index (χ3n) is 4.72. The predicted octanol–water partition coefficient (Wildman–Crippen LogP) is 4.99.